The first-order chi connectivity index (χ1) is 62.9. The smallest absolute Gasteiger partial charge is 0.303 e. The first-order valence-electron chi connectivity index (χ1n) is 43.6. The predicted molar refractivity (Wildman–Crippen MR) is 477 cm³/mol. The third-order valence-electron chi connectivity index (χ3n) is 23.5. The number of likely N-dealkylation sites (N-methyl/N-ethyl adjacent to an activating group) is 3. The van der Waals surface area contributed by atoms with Gasteiger partial charge in [0, 0.05) is 131 Å². The molecule has 0 saturated carbocycles. The summed E-state index contributed by atoms with van der Waals surface area (Å²) in [6.45, 7) is 1.63. The first kappa shape index (κ1) is 102. The number of carbonyl (C=O) groups excluding carboxylic acids is 17. The van der Waals surface area contributed by atoms with Crippen molar-refractivity contribution >= 4 is 140 Å². The molecular weight excluding hydrogens is 1740 g/mol. The van der Waals surface area contributed by atoms with Crippen LogP contribution in [0.2, 0.25) is 0 Å². The van der Waals surface area contributed by atoms with E-state index in [0.717, 1.165) is 36.3 Å². The molecule has 0 bridgehead atoms. The Kier molecular flexibility index (Phi) is 37.4. The van der Waals surface area contributed by atoms with E-state index in [4.69, 9.17) is 17.2 Å². The average molecular weight is 1860 g/mol. The van der Waals surface area contributed by atoms with Gasteiger partial charge in [0.2, 0.25) is 100 Å². The van der Waals surface area contributed by atoms with Crippen molar-refractivity contribution in [3.8, 4) is 5.75 Å². The average Bonchev–Trinajstić information content (AvgIpc) is 1.59. The van der Waals surface area contributed by atoms with Crippen molar-refractivity contribution in [2.75, 3.05) is 65.4 Å². The molecule has 9 rings (SSSR count). The topological polar surface area (TPSA) is 663 Å². The zero-order valence-electron chi connectivity index (χ0n) is 74.1. The van der Waals surface area contributed by atoms with Crippen molar-refractivity contribution in [2.45, 2.75) is 214 Å². The molecule has 132 heavy (non-hydrogen) atoms. The number of H-pyrrole nitrogens is 3. The van der Waals surface area contributed by atoms with Crippen LogP contribution < -0.4 is 70.4 Å². The Bertz CT molecular complexity index is 5150. The molecule has 15 atom stereocenters. The minimum absolute atomic E-state index is 0.0207. The first-order valence-corrected chi connectivity index (χ1v) is 44.7. The number of carboxylic acid groups (broad SMARTS) is 1. The van der Waals surface area contributed by atoms with Gasteiger partial charge in [0.1, 0.15) is 90.3 Å². The van der Waals surface area contributed by atoms with Gasteiger partial charge in [0.15, 0.2) is 0 Å². The van der Waals surface area contributed by atoms with E-state index in [-0.39, 0.29) is 62.9 Å². The fraction of sp³-hybridized carbons (Fsp3) is 0.506. The number of aromatic hydroxyl groups is 1. The molecule has 0 aliphatic carbocycles. The number of imidazole rings is 1. The van der Waals surface area contributed by atoms with E-state index in [1.54, 1.807) is 60.9 Å². The molecule has 45 heteroatoms. The number of primary amides is 2. The number of aromatic nitrogens is 4. The summed E-state index contributed by atoms with van der Waals surface area (Å²) in [5, 5.41) is 69.6. The molecule has 17 amide bonds. The van der Waals surface area contributed by atoms with Crippen LogP contribution in [0.25, 0.3) is 21.8 Å². The Morgan fingerprint density at radius 3 is 1.67 bits per heavy atom. The summed E-state index contributed by atoms with van der Waals surface area (Å²) in [5.41, 5.74) is 20.0. The number of nitrogens with two attached hydrogens (primary N) is 3. The van der Waals surface area contributed by atoms with E-state index < -0.39 is 267 Å². The van der Waals surface area contributed by atoms with Gasteiger partial charge in [-0.1, -0.05) is 88.1 Å². The molecule has 714 valence electrons. The fourth-order valence-corrected chi connectivity index (χ4v) is 16.9. The molecule has 3 aromatic carbocycles. The molecule has 23 N–H and O–H groups in total. The number of carbonyl (C=O) groups is 18. The van der Waals surface area contributed by atoms with Crippen molar-refractivity contribution in [1.29, 1.82) is 0 Å². The number of nitrogens with zero attached hydrogens (tertiary/aromatic N) is 6. The molecule has 6 heterocycles. The lowest BCUT2D eigenvalue weighted by Gasteiger charge is -2.36. The highest BCUT2D eigenvalue weighted by Crippen LogP contribution is 2.28. The van der Waals surface area contributed by atoms with Crippen LogP contribution in [0.1, 0.15) is 120 Å². The second-order valence-corrected chi connectivity index (χ2v) is 34.1. The van der Waals surface area contributed by atoms with E-state index >= 15 is 28.8 Å². The van der Waals surface area contributed by atoms with Crippen LogP contribution in [-0.4, -0.2) is 327 Å². The number of nitrogens with one attached hydrogen (secondary N) is 13. The minimum Gasteiger partial charge on any atom is -0.508 e. The lowest BCUT2D eigenvalue weighted by atomic mass is 10.00. The maximum absolute atomic E-state index is 15.6. The highest BCUT2D eigenvalue weighted by atomic mass is 32.2. The largest absolute Gasteiger partial charge is 0.508 e. The number of amides is 17. The number of unbranched alkanes of at least 4 members (excludes halogenated alkanes) is 2. The van der Waals surface area contributed by atoms with Crippen LogP contribution in [0.15, 0.2) is 97.7 Å². The van der Waals surface area contributed by atoms with Gasteiger partial charge in [0.25, 0.3) is 0 Å². The van der Waals surface area contributed by atoms with Crippen LogP contribution in [0.4, 0.5) is 0 Å². The Hall–Kier alpha value is -13.6. The van der Waals surface area contributed by atoms with Crippen LogP contribution in [0.3, 0.4) is 0 Å². The summed E-state index contributed by atoms with van der Waals surface area (Å²) in [5.74, 6) is -19.7. The van der Waals surface area contributed by atoms with Crippen LogP contribution in [0.5, 0.6) is 5.75 Å². The number of phenols is 1. The second-order valence-electron chi connectivity index (χ2n) is 33.0. The van der Waals surface area contributed by atoms with Gasteiger partial charge < -0.3 is 130 Å². The van der Waals surface area contributed by atoms with Crippen molar-refractivity contribution in [3.63, 3.8) is 0 Å². The third-order valence-corrected chi connectivity index (χ3v) is 24.5. The van der Waals surface area contributed by atoms with Gasteiger partial charge in [-0.25, -0.2) is 4.98 Å². The number of thioether (sulfide) groups is 1. The monoisotopic (exact) mass is 1850 g/mol. The number of fused-ring (bicyclic) bond motifs is 4. The van der Waals surface area contributed by atoms with Gasteiger partial charge in [-0.15, -0.1) is 11.8 Å². The number of para-hydroxylation sites is 2. The number of rotatable bonds is 24. The number of aliphatic hydroxyl groups excluding tert-OH is 2. The summed E-state index contributed by atoms with van der Waals surface area (Å²) in [7, 11) is 3.83. The fourth-order valence-electron chi connectivity index (χ4n) is 16.1. The molecular formula is C87H118N22O22S. The molecule has 3 aromatic heterocycles. The van der Waals surface area contributed by atoms with Crippen LogP contribution in [0, 0.1) is 0 Å². The number of hydrogen-bond acceptors (Lipinski definition) is 24. The lowest BCUT2D eigenvalue weighted by molar-refractivity contribution is -0.149. The highest BCUT2D eigenvalue weighted by molar-refractivity contribution is 8.00. The Balaban J connectivity index is 1.09. The predicted octanol–water partition coefficient (Wildman–Crippen LogP) is -4.41. The normalized spacial score (nSPS) is 25.0. The molecule has 3 fully saturated rings. The quantitative estimate of drug-likeness (QED) is 0.0272. The van der Waals surface area contributed by atoms with E-state index in [1.807, 2.05) is 13.8 Å². The van der Waals surface area contributed by atoms with Gasteiger partial charge in [-0.05, 0) is 80.0 Å². The van der Waals surface area contributed by atoms with Gasteiger partial charge in [-0.2, -0.15) is 0 Å². The molecule has 0 radical (unpaired) electrons. The molecule has 3 aliphatic heterocycles. The summed E-state index contributed by atoms with van der Waals surface area (Å²) in [6, 6.07) is -3.54. The number of aliphatic carboxylic acids is 1. The van der Waals surface area contributed by atoms with Gasteiger partial charge in [0.05, 0.1) is 37.8 Å². The summed E-state index contributed by atoms with van der Waals surface area (Å²) in [4.78, 5) is 279. The van der Waals surface area contributed by atoms with Gasteiger partial charge in [-0.3, -0.25) is 86.3 Å². The SMILES string of the molecule is CCCC[C@H]1C(=O)N(C)[C@@H](CCCC)C(=O)N[C@@H](CN)C(=O)N[C@H](C(=O)NCC(N)=O)CSCC(=O)N[C@@H](Cc2ccc(O)cc2)C(=O)N(C)[C@@H](C)C(=O)N[C@@H](CC(N)=O)C(=O)N2CCC[C@H]2C(=O)N[C@@H](Cc2cnc[nH]2)C(=O)N[C@@H](CCC(=O)O)C(=O)N2C[C@H](O)C[C@H]2C(=O)N[C@@H](Cc2c[nH]c3ccccc23)C(=O)N[C@@H](CO)C(=O)N[C@@H](Cc2c[nH]c3ccccc23)C(=O)N1C. The van der Waals surface area contributed by atoms with Crippen LogP contribution in [-0.2, 0) is 112 Å². The Morgan fingerprint density at radius 1 is 0.545 bits per heavy atom. The van der Waals surface area contributed by atoms with Crippen molar-refractivity contribution < 1.29 is 107 Å². The molecule has 6 aromatic rings. The Morgan fingerprint density at radius 2 is 1.08 bits per heavy atom. The van der Waals surface area contributed by atoms with E-state index in [9.17, 15) is 78.0 Å². The van der Waals surface area contributed by atoms with Gasteiger partial charge >= 0.3 is 5.97 Å². The summed E-state index contributed by atoms with van der Waals surface area (Å²) < 4.78 is 0. The minimum atomic E-state index is -1.93. The summed E-state index contributed by atoms with van der Waals surface area (Å²) >= 11 is 0.744. The number of phenolic OH excluding ortho intramolecular Hbond substituents is 1. The molecule has 0 unspecified atom stereocenters. The molecule has 0 spiro atoms. The van der Waals surface area contributed by atoms with Crippen molar-refractivity contribution in [2.24, 2.45) is 17.2 Å². The lowest BCUT2D eigenvalue weighted by Crippen LogP contribution is -2.62. The van der Waals surface area contributed by atoms with Crippen LogP contribution >= 0.6 is 11.8 Å². The number of benzene rings is 3. The van der Waals surface area contributed by atoms with E-state index in [1.165, 1.54) is 64.9 Å². The zero-order valence-corrected chi connectivity index (χ0v) is 74.9. The number of aromatic amines is 3. The molecule has 3 aliphatic rings. The third kappa shape index (κ3) is 27.5. The zero-order chi connectivity index (χ0) is 96.3. The van der Waals surface area contributed by atoms with E-state index in [0.29, 0.717) is 64.2 Å². The molecule has 44 nitrogen and oxygen atoms in total. The second kappa shape index (κ2) is 48.4. The number of aliphatic hydroxyl groups is 2. The van der Waals surface area contributed by atoms with E-state index in [2.05, 4.69) is 73.1 Å². The summed E-state index contributed by atoms with van der Waals surface area (Å²) in [6.07, 6.45) is 1.68. The van der Waals surface area contributed by atoms with Crippen molar-refractivity contribution in [3.05, 3.63) is 120 Å². The highest BCUT2D eigenvalue weighted by Gasteiger charge is 2.47. The van der Waals surface area contributed by atoms with Crippen molar-refractivity contribution in [1.82, 2.24) is 97.6 Å². The maximum atomic E-state index is 15.6. The number of carboxylic acids is 1. The maximum Gasteiger partial charge on any atom is 0.303 e. The Labute approximate surface area is 763 Å². The standard InChI is InChI=1S/C87H118N22O22S/c1-7-9-20-66-80(124)102-63(36-88)78(122)104-65(75(119)94-40-71(90)114)43-132-44-72(115)96-60(30-47-23-25-51(111)26-24-47)83(127)105(4)46(3)74(118)100-62(35-70(89)113)86(130)108-29-15-22-67(108)81(125)99-59(33-50-39-91-45-95-50)77(121)97-57(27-28-73(116)117)85(129)109-41-52(112)34-69(109)82(126)98-58(31-48-37-92-55-18-13-11-16-53(48)55)76(120)103-64(42-110)79(123)101-61(32-49-38-93-56-19-14-12-17-54(49)56)84(128)107(6)68(21-10-8-2)87(131)106(66)5/h11-14,16-19,23-26,37-39,45-46,52,57-69,92-93,110-112H,7-10,15,20-22,27-36,40-44,88H2,1-6H3,(H2,89,113)(H2,90,114)(H,91,95)(H,94,119)(H,96,115)(H,97,121)(H,98,126)(H,99,125)(H,100,118)(H,101,123)(H,102,124)(H,103,120)(H,104,122)(H,116,117)/t46-,52+,57-,58-,59-,60-,61-,62-,63-,64-,65-,66-,67-,68-,69-/m0/s1. The number of hydrogen-bond donors (Lipinski definition) is 20. The molecule has 3 saturated heterocycles.